The Kier molecular flexibility index (Phi) is 2.95. The van der Waals surface area contributed by atoms with Gasteiger partial charge in [0.15, 0.2) is 0 Å². The average Bonchev–Trinajstić information content (AvgIpc) is 2.92. The number of allylic oxidation sites excluding steroid dienone is 4. The molecule has 0 spiro atoms. The molecule has 1 aromatic carbocycles. The lowest BCUT2D eigenvalue weighted by molar-refractivity contribution is 0.868. The smallest absolute Gasteiger partial charge is 0.0991 e. The second-order valence-electron chi connectivity index (χ2n) is 4.92. The summed E-state index contributed by atoms with van der Waals surface area (Å²) in [6, 6.07) is 8.58. The second kappa shape index (κ2) is 4.76. The molecule has 0 radical (unpaired) electrons. The number of hydrogen-bond acceptors (Lipinski definition) is 2. The van der Waals surface area contributed by atoms with Crippen molar-refractivity contribution in [2.75, 3.05) is 0 Å². The summed E-state index contributed by atoms with van der Waals surface area (Å²) in [5, 5.41) is 3.33. The maximum atomic E-state index is 4.09. The first kappa shape index (κ1) is 11.8. The molecule has 0 saturated heterocycles. The van der Waals surface area contributed by atoms with E-state index >= 15 is 0 Å². The summed E-state index contributed by atoms with van der Waals surface area (Å²) in [4.78, 5) is 4.09. The minimum absolute atomic E-state index is 0.338. The van der Waals surface area contributed by atoms with E-state index in [1.165, 1.54) is 17.0 Å². The topological polar surface area (TPSA) is 29.9 Å². The van der Waals surface area contributed by atoms with Crippen molar-refractivity contribution >= 4 is 0 Å². The van der Waals surface area contributed by atoms with Crippen LogP contribution in [0.25, 0.3) is 5.69 Å². The summed E-state index contributed by atoms with van der Waals surface area (Å²) < 4.78 is 2.03. The van der Waals surface area contributed by atoms with Crippen molar-refractivity contribution < 1.29 is 0 Å². The molecule has 2 heterocycles. The lowest BCUT2D eigenvalue weighted by Gasteiger charge is -2.20. The molecule has 3 nitrogen and oxygen atoms in total. The molecular weight excluding hydrogens is 234 g/mol. The lowest BCUT2D eigenvalue weighted by Crippen LogP contribution is -2.14. The Morgan fingerprint density at radius 1 is 1.16 bits per heavy atom. The zero-order valence-electron chi connectivity index (χ0n) is 11.2. The van der Waals surface area contributed by atoms with Crippen molar-refractivity contribution in [2.24, 2.45) is 0 Å². The predicted molar refractivity (Wildman–Crippen MR) is 77.0 cm³/mol. The van der Waals surface area contributed by atoms with Crippen LogP contribution in [0.4, 0.5) is 0 Å². The van der Waals surface area contributed by atoms with Gasteiger partial charge in [0.1, 0.15) is 0 Å². The van der Waals surface area contributed by atoms with Crippen LogP contribution in [0.15, 0.2) is 66.5 Å². The molecule has 1 aliphatic rings. The number of nitrogens with zero attached hydrogens (tertiary/aromatic N) is 2. The van der Waals surface area contributed by atoms with E-state index in [-0.39, 0.29) is 0 Å². The monoisotopic (exact) mass is 251 g/mol. The summed E-state index contributed by atoms with van der Waals surface area (Å²) in [6.45, 7) is 4.20. The van der Waals surface area contributed by atoms with Gasteiger partial charge in [0.05, 0.1) is 6.33 Å². The van der Waals surface area contributed by atoms with Gasteiger partial charge in [-0.05, 0) is 31.5 Å². The molecule has 0 fully saturated rings. The SMILES string of the molecule is CC1=CC(c2cccc(-n3ccnc3)c2)C=C(C)N1. The van der Waals surface area contributed by atoms with E-state index in [2.05, 4.69) is 60.6 Å². The number of imidazole rings is 1. The third-order valence-electron chi connectivity index (χ3n) is 3.31. The Bertz CT molecular complexity index is 618. The maximum absolute atomic E-state index is 4.09. The highest BCUT2D eigenvalue weighted by Gasteiger charge is 2.12. The quantitative estimate of drug-likeness (QED) is 0.887. The zero-order chi connectivity index (χ0) is 13.2. The van der Waals surface area contributed by atoms with E-state index in [1.54, 1.807) is 6.20 Å². The van der Waals surface area contributed by atoms with Crippen LogP contribution in [0, 0.1) is 0 Å². The minimum atomic E-state index is 0.338. The number of dihydropyridines is 1. The van der Waals surface area contributed by atoms with Gasteiger partial charge in [0.2, 0.25) is 0 Å². The van der Waals surface area contributed by atoms with Crippen LogP contribution >= 0.6 is 0 Å². The molecule has 0 atom stereocenters. The molecule has 3 heteroatoms. The molecule has 0 unspecified atom stereocenters. The van der Waals surface area contributed by atoms with Gasteiger partial charge in [0, 0.05) is 35.4 Å². The van der Waals surface area contributed by atoms with Gasteiger partial charge in [-0.3, -0.25) is 0 Å². The summed E-state index contributed by atoms with van der Waals surface area (Å²) in [7, 11) is 0. The van der Waals surface area contributed by atoms with Gasteiger partial charge in [-0.2, -0.15) is 0 Å². The molecule has 1 N–H and O–H groups in total. The Hall–Kier alpha value is -2.29. The molecule has 1 aliphatic heterocycles. The Morgan fingerprint density at radius 2 is 1.95 bits per heavy atom. The van der Waals surface area contributed by atoms with Crippen LogP contribution in [0.3, 0.4) is 0 Å². The molecular formula is C16H17N3. The summed E-state index contributed by atoms with van der Waals surface area (Å²) in [6.07, 6.45) is 10.1. The second-order valence-corrected chi connectivity index (χ2v) is 4.92. The normalized spacial score (nSPS) is 15.7. The first-order chi connectivity index (χ1) is 9.22. The highest BCUT2D eigenvalue weighted by Crippen LogP contribution is 2.26. The third-order valence-corrected chi connectivity index (χ3v) is 3.31. The number of hydrogen-bond donors (Lipinski definition) is 1. The summed E-state index contributed by atoms with van der Waals surface area (Å²) in [5.74, 6) is 0.338. The van der Waals surface area contributed by atoms with Gasteiger partial charge < -0.3 is 9.88 Å². The largest absolute Gasteiger partial charge is 0.363 e. The minimum Gasteiger partial charge on any atom is -0.363 e. The van der Waals surface area contributed by atoms with Crippen LogP contribution in [0.1, 0.15) is 25.3 Å². The first-order valence-corrected chi connectivity index (χ1v) is 6.44. The highest BCUT2D eigenvalue weighted by molar-refractivity contribution is 5.42. The number of rotatable bonds is 2. The molecule has 0 saturated carbocycles. The fourth-order valence-corrected chi connectivity index (χ4v) is 2.48. The van der Waals surface area contributed by atoms with Gasteiger partial charge >= 0.3 is 0 Å². The van der Waals surface area contributed by atoms with E-state index in [0.717, 1.165) is 5.69 Å². The van der Waals surface area contributed by atoms with Crippen molar-refractivity contribution in [2.45, 2.75) is 19.8 Å². The van der Waals surface area contributed by atoms with E-state index in [1.807, 2.05) is 17.1 Å². The molecule has 96 valence electrons. The van der Waals surface area contributed by atoms with E-state index in [0.29, 0.717) is 5.92 Å². The number of aromatic nitrogens is 2. The zero-order valence-corrected chi connectivity index (χ0v) is 11.2. The highest BCUT2D eigenvalue weighted by atomic mass is 15.0. The Balaban J connectivity index is 1.98. The summed E-state index contributed by atoms with van der Waals surface area (Å²) >= 11 is 0. The van der Waals surface area contributed by atoms with Crippen molar-refractivity contribution in [3.8, 4) is 5.69 Å². The van der Waals surface area contributed by atoms with Crippen LogP contribution in [0.5, 0.6) is 0 Å². The Labute approximate surface area is 113 Å². The molecule has 3 rings (SSSR count). The van der Waals surface area contributed by atoms with Crippen LogP contribution in [-0.4, -0.2) is 9.55 Å². The lowest BCUT2D eigenvalue weighted by atomic mass is 9.94. The Morgan fingerprint density at radius 3 is 2.63 bits per heavy atom. The molecule has 0 amide bonds. The molecule has 1 aromatic heterocycles. The standard InChI is InChI=1S/C16H17N3/c1-12-8-15(9-13(2)18-12)14-4-3-5-16(10-14)19-7-6-17-11-19/h3-11,15,18H,1-2H3. The van der Waals surface area contributed by atoms with Crippen LogP contribution < -0.4 is 5.32 Å². The van der Waals surface area contributed by atoms with Gasteiger partial charge in [-0.15, -0.1) is 0 Å². The van der Waals surface area contributed by atoms with E-state index in [9.17, 15) is 0 Å². The van der Waals surface area contributed by atoms with Crippen molar-refractivity contribution in [3.63, 3.8) is 0 Å². The van der Waals surface area contributed by atoms with Gasteiger partial charge in [-0.1, -0.05) is 24.3 Å². The fourth-order valence-electron chi connectivity index (χ4n) is 2.48. The molecule has 0 aliphatic carbocycles. The molecule has 2 aromatic rings. The van der Waals surface area contributed by atoms with E-state index in [4.69, 9.17) is 0 Å². The van der Waals surface area contributed by atoms with Crippen LogP contribution in [-0.2, 0) is 0 Å². The van der Waals surface area contributed by atoms with Gasteiger partial charge in [0.25, 0.3) is 0 Å². The van der Waals surface area contributed by atoms with Crippen LogP contribution in [0.2, 0.25) is 0 Å². The fraction of sp³-hybridized carbons (Fsp3) is 0.188. The first-order valence-electron chi connectivity index (χ1n) is 6.44. The predicted octanol–water partition coefficient (Wildman–Crippen LogP) is 3.37. The van der Waals surface area contributed by atoms with Crippen molar-refractivity contribution in [1.29, 1.82) is 0 Å². The third kappa shape index (κ3) is 2.45. The summed E-state index contributed by atoms with van der Waals surface area (Å²) in [5.41, 5.74) is 4.85. The number of benzene rings is 1. The maximum Gasteiger partial charge on any atom is 0.0991 e. The number of nitrogens with one attached hydrogen (secondary N) is 1. The van der Waals surface area contributed by atoms with Crippen molar-refractivity contribution in [1.82, 2.24) is 14.9 Å². The van der Waals surface area contributed by atoms with Crippen molar-refractivity contribution in [3.05, 3.63) is 72.1 Å². The van der Waals surface area contributed by atoms with Gasteiger partial charge in [-0.25, -0.2) is 4.98 Å². The van der Waals surface area contributed by atoms with E-state index < -0.39 is 0 Å². The molecule has 0 bridgehead atoms. The molecule has 19 heavy (non-hydrogen) atoms. The average molecular weight is 251 g/mol.